The van der Waals surface area contributed by atoms with E-state index in [-0.39, 0.29) is 6.42 Å². The molecule has 0 unspecified atom stereocenters. The highest BCUT2D eigenvalue weighted by Gasteiger charge is 2.05. The van der Waals surface area contributed by atoms with Crippen LogP contribution in [0.2, 0.25) is 0 Å². The molecule has 2 aromatic rings. The summed E-state index contributed by atoms with van der Waals surface area (Å²) in [6.07, 6.45) is 2.35. The minimum absolute atomic E-state index is 0.125. The second-order valence-electron chi connectivity index (χ2n) is 3.29. The third-order valence-corrected chi connectivity index (χ3v) is 3.09. The molecule has 1 N–H and O–H groups in total. The minimum Gasteiger partial charge on any atom is -0.513 e. The molecule has 2 rings (SSSR count). The molecule has 0 aliphatic rings. The van der Waals surface area contributed by atoms with E-state index in [0.29, 0.717) is 6.26 Å². The fourth-order valence-electron chi connectivity index (χ4n) is 1.35. The van der Waals surface area contributed by atoms with Gasteiger partial charge in [-0.25, -0.2) is 4.39 Å². The van der Waals surface area contributed by atoms with Gasteiger partial charge >= 0.3 is 0 Å². The highest BCUT2D eigenvalue weighted by Crippen LogP contribution is 2.26. The largest absolute Gasteiger partial charge is 0.513 e. The molecule has 2 aromatic heterocycles. The Hall–Kier alpha value is -1.68. The first-order valence-electron chi connectivity index (χ1n) is 4.77. The van der Waals surface area contributed by atoms with Gasteiger partial charge in [0, 0.05) is 12.6 Å². The molecule has 82 valence electrons. The zero-order chi connectivity index (χ0) is 11.4. The van der Waals surface area contributed by atoms with Crippen LogP contribution in [0.3, 0.4) is 0 Å². The molecule has 16 heavy (non-hydrogen) atoms. The Bertz CT molecular complexity index is 493. The van der Waals surface area contributed by atoms with Crippen LogP contribution in [0.25, 0.3) is 10.6 Å². The molecule has 2 nitrogen and oxygen atoms in total. The predicted octanol–water partition coefficient (Wildman–Crippen LogP) is 3.72. The molecular weight excluding hydrogens is 225 g/mol. The maximum absolute atomic E-state index is 12.8. The summed E-state index contributed by atoms with van der Waals surface area (Å²) in [4.78, 5) is 5.22. The van der Waals surface area contributed by atoms with E-state index < -0.39 is 5.83 Å². The monoisotopic (exact) mass is 235 g/mol. The van der Waals surface area contributed by atoms with Gasteiger partial charge in [0.1, 0.15) is 12.1 Å². The Morgan fingerprint density at radius 3 is 3.06 bits per heavy atom. The zero-order valence-corrected chi connectivity index (χ0v) is 9.25. The number of allylic oxidation sites excluding steroid dienone is 1. The van der Waals surface area contributed by atoms with Crippen molar-refractivity contribution < 1.29 is 9.50 Å². The maximum Gasteiger partial charge on any atom is 0.138 e. The Labute approximate surface area is 96.7 Å². The molecule has 0 saturated carbocycles. The van der Waals surface area contributed by atoms with E-state index in [1.165, 1.54) is 11.3 Å². The zero-order valence-electron chi connectivity index (χ0n) is 8.43. The molecular formula is C12H10FNOS. The number of hydrogen-bond acceptors (Lipinski definition) is 3. The van der Waals surface area contributed by atoms with E-state index >= 15 is 0 Å². The van der Waals surface area contributed by atoms with E-state index in [1.54, 1.807) is 6.20 Å². The van der Waals surface area contributed by atoms with Crippen LogP contribution in [0.4, 0.5) is 4.39 Å². The number of nitrogens with zero attached hydrogens (tertiary/aromatic N) is 1. The number of pyridine rings is 1. The van der Waals surface area contributed by atoms with Crippen LogP contribution in [-0.4, -0.2) is 10.1 Å². The van der Waals surface area contributed by atoms with Crippen molar-refractivity contribution in [2.24, 2.45) is 0 Å². The third-order valence-electron chi connectivity index (χ3n) is 2.08. The maximum atomic E-state index is 12.8. The van der Waals surface area contributed by atoms with Crippen LogP contribution in [0.5, 0.6) is 0 Å². The molecule has 0 atom stereocenters. The third kappa shape index (κ3) is 2.46. The summed E-state index contributed by atoms with van der Waals surface area (Å²) < 4.78 is 12.8. The number of rotatable bonds is 3. The molecule has 0 bridgehead atoms. The quantitative estimate of drug-likeness (QED) is 0.822. The standard InChI is InChI=1S/C12H10FNOS/c13-10(7-15)5-9-6-12(16-8-9)11-3-1-2-4-14-11/h1-4,6-8,15H,5H2/b10-7-. The summed E-state index contributed by atoms with van der Waals surface area (Å²) in [6, 6.07) is 7.56. The number of hydrogen-bond donors (Lipinski definition) is 1. The van der Waals surface area contributed by atoms with Gasteiger partial charge in [-0.15, -0.1) is 11.3 Å². The van der Waals surface area contributed by atoms with Crippen LogP contribution >= 0.6 is 11.3 Å². The van der Waals surface area contributed by atoms with Crippen LogP contribution < -0.4 is 0 Å². The van der Waals surface area contributed by atoms with E-state index in [0.717, 1.165) is 16.1 Å². The SMILES string of the molecule is O/C=C(\F)Cc1csc(-c2ccccn2)c1. The van der Waals surface area contributed by atoms with Crippen molar-refractivity contribution in [2.75, 3.05) is 0 Å². The first-order chi connectivity index (χ1) is 7.79. The van der Waals surface area contributed by atoms with Crippen molar-refractivity contribution in [3.8, 4) is 10.6 Å². The smallest absolute Gasteiger partial charge is 0.138 e. The number of aromatic nitrogens is 1. The van der Waals surface area contributed by atoms with Crippen molar-refractivity contribution in [1.82, 2.24) is 4.98 Å². The average Bonchev–Trinajstić information content (AvgIpc) is 2.78. The normalized spacial score (nSPS) is 11.7. The molecule has 2 heterocycles. The molecule has 0 aromatic carbocycles. The van der Waals surface area contributed by atoms with Gasteiger partial charge in [0.15, 0.2) is 0 Å². The molecule has 0 fully saturated rings. The number of thiophene rings is 1. The van der Waals surface area contributed by atoms with E-state index in [1.807, 2.05) is 29.6 Å². The Balaban J connectivity index is 2.20. The van der Waals surface area contributed by atoms with Gasteiger partial charge in [-0.1, -0.05) is 6.07 Å². The van der Waals surface area contributed by atoms with Gasteiger partial charge in [0.2, 0.25) is 0 Å². The predicted molar refractivity (Wildman–Crippen MR) is 63.1 cm³/mol. The van der Waals surface area contributed by atoms with Crippen LogP contribution in [0, 0.1) is 0 Å². The van der Waals surface area contributed by atoms with Crippen molar-refractivity contribution in [2.45, 2.75) is 6.42 Å². The van der Waals surface area contributed by atoms with Crippen molar-refractivity contribution in [1.29, 1.82) is 0 Å². The van der Waals surface area contributed by atoms with Gasteiger partial charge in [-0.3, -0.25) is 4.98 Å². The van der Waals surface area contributed by atoms with E-state index in [2.05, 4.69) is 4.98 Å². The fraction of sp³-hybridized carbons (Fsp3) is 0.0833. The summed E-state index contributed by atoms with van der Waals surface area (Å²) in [5.41, 5.74) is 1.72. The summed E-state index contributed by atoms with van der Waals surface area (Å²) in [5, 5.41) is 10.3. The Kier molecular flexibility index (Phi) is 3.31. The van der Waals surface area contributed by atoms with E-state index in [9.17, 15) is 4.39 Å². The minimum atomic E-state index is -0.537. The topological polar surface area (TPSA) is 33.1 Å². The van der Waals surface area contributed by atoms with Crippen molar-refractivity contribution in [3.05, 3.63) is 53.5 Å². The van der Waals surface area contributed by atoms with Gasteiger partial charge in [-0.05, 0) is 29.1 Å². The molecule has 0 radical (unpaired) electrons. The van der Waals surface area contributed by atoms with Crippen molar-refractivity contribution >= 4 is 11.3 Å². The fourth-order valence-corrected chi connectivity index (χ4v) is 2.24. The lowest BCUT2D eigenvalue weighted by Gasteiger charge is -1.94. The Morgan fingerprint density at radius 2 is 2.38 bits per heavy atom. The Morgan fingerprint density at radius 1 is 1.50 bits per heavy atom. The summed E-state index contributed by atoms with van der Waals surface area (Å²) in [6.45, 7) is 0. The second kappa shape index (κ2) is 4.90. The van der Waals surface area contributed by atoms with Gasteiger partial charge < -0.3 is 5.11 Å². The number of aliphatic hydroxyl groups excluding tert-OH is 1. The lowest BCUT2D eigenvalue weighted by molar-refractivity contribution is 0.435. The highest BCUT2D eigenvalue weighted by atomic mass is 32.1. The van der Waals surface area contributed by atoms with Crippen molar-refractivity contribution in [3.63, 3.8) is 0 Å². The van der Waals surface area contributed by atoms with Gasteiger partial charge in [0.25, 0.3) is 0 Å². The molecule has 0 spiro atoms. The lowest BCUT2D eigenvalue weighted by atomic mass is 10.2. The summed E-state index contributed by atoms with van der Waals surface area (Å²) in [5.74, 6) is -0.537. The number of halogens is 1. The summed E-state index contributed by atoms with van der Waals surface area (Å²) in [7, 11) is 0. The average molecular weight is 235 g/mol. The van der Waals surface area contributed by atoms with Crippen LogP contribution in [0.1, 0.15) is 5.56 Å². The van der Waals surface area contributed by atoms with Gasteiger partial charge in [-0.2, -0.15) is 0 Å². The molecule has 0 aliphatic carbocycles. The summed E-state index contributed by atoms with van der Waals surface area (Å²) >= 11 is 1.52. The lowest BCUT2D eigenvalue weighted by Crippen LogP contribution is -1.82. The molecule has 0 amide bonds. The number of aliphatic hydroxyl groups is 1. The van der Waals surface area contributed by atoms with Crippen LogP contribution in [-0.2, 0) is 6.42 Å². The first kappa shape index (κ1) is 10.8. The van der Waals surface area contributed by atoms with E-state index in [4.69, 9.17) is 5.11 Å². The first-order valence-corrected chi connectivity index (χ1v) is 5.65. The highest BCUT2D eigenvalue weighted by molar-refractivity contribution is 7.13. The molecule has 0 saturated heterocycles. The molecule has 4 heteroatoms. The van der Waals surface area contributed by atoms with Gasteiger partial charge in [0.05, 0.1) is 10.6 Å². The molecule has 0 aliphatic heterocycles. The van der Waals surface area contributed by atoms with Crippen LogP contribution in [0.15, 0.2) is 47.9 Å². The second-order valence-corrected chi connectivity index (χ2v) is 4.20.